The maximum Gasteiger partial charge on any atom is 0.341 e. The Morgan fingerprint density at radius 3 is 2.29 bits per heavy atom. The van der Waals surface area contributed by atoms with Crippen molar-refractivity contribution in [1.29, 1.82) is 5.41 Å². The number of ether oxygens (including phenoxy) is 3. The number of anilines is 1. The minimum atomic E-state index is -3.49. The summed E-state index contributed by atoms with van der Waals surface area (Å²) in [5, 5.41) is 20.5. The number of nitrogens with one attached hydrogen (secondary N) is 2. The van der Waals surface area contributed by atoms with Crippen molar-refractivity contribution in [2.24, 2.45) is 0 Å². The van der Waals surface area contributed by atoms with Crippen molar-refractivity contribution in [1.82, 2.24) is 4.90 Å². The van der Waals surface area contributed by atoms with Crippen molar-refractivity contribution in [3.8, 4) is 17.2 Å². The zero-order valence-electron chi connectivity index (χ0n) is 24.4. The molecule has 14 heteroatoms. The van der Waals surface area contributed by atoms with Crippen LogP contribution in [0.25, 0.3) is 0 Å². The number of sulfone groups is 1. The number of ketones is 1. The Morgan fingerprint density at radius 2 is 1.74 bits per heavy atom. The summed E-state index contributed by atoms with van der Waals surface area (Å²) in [6.07, 6.45) is 1.03. The average Bonchev–Trinajstić information content (AvgIpc) is 3.17. The van der Waals surface area contributed by atoms with Gasteiger partial charge in [-0.2, -0.15) is 0 Å². The Morgan fingerprint density at radius 1 is 1.10 bits per heavy atom. The first kappa shape index (κ1) is 34.8. The molecule has 3 rings (SSSR count). The van der Waals surface area contributed by atoms with Crippen LogP contribution in [0.4, 0.5) is 10.1 Å². The second kappa shape index (κ2) is 13.7. The van der Waals surface area contributed by atoms with Gasteiger partial charge in [0.25, 0.3) is 0 Å². The number of carboxylic acids is 1. The molecule has 0 spiro atoms. The fourth-order valence-corrected chi connectivity index (χ4v) is 4.82. The van der Waals surface area contributed by atoms with Crippen molar-refractivity contribution >= 4 is 50.1 Å². The molecule has 3 N–H and O–H groups in total. The number of benzene rings is 2. The van der Waals surface area contributed by atoms with Gasteiger partial charge in [0, 0.05) is 23.9 Å². The van der Waals surface area contributed by atoms with Gasteiger partial charge in [-0.1, -0.05) is 20.8 Å². The van der Waals surface area contributed by atoms with E-state index in [0.29, 0.717) is 11.1 Å². The van der Waals surface area contributed by atoms with Crippen LogP contribution in [0, 0.1) is 11.2 Å². The van der Waals surface area contributed by atoms with E-state index < -0.39 is 45.3 Å². The van der Waals surface area contributed by atoms with E-state index in [2.05, 4.69) is 5.32 Å². The molecule has 1 heterocycles. The Hall–Kier alpha value is -3.39. The smallest absolute Gasteiger partial charge is 0.341 e. The van der Waals surface area contributed by atoms with Crippen LogP contribution in [0.5, 0.6) is 17.2 Å². The number of hydrogen-bond donors (Lipinski definition) is 3. The lowest BCUT2D eigenvalue weighted by molar-refractivity contribution is -0.139. The molecule has 0 fully saturated rings. The second-order valence-electron chi connectivity index (χ2n) is 10.6. The molecule has 42 heavy (non-hydrogen) atoms. The van der Waals surface area contributed by atoms with Gasteiger partial charge in [0.2, 0.25) is 0 Å². The minimum Gasteiger partial charge on any atom is -0.490 e. The third-order valence-electron chi connectivity index (χ3n) is 6.19. The van der Waals surface area contributed by atoms with Crippen LogP contribution in [-0.2, 0) is 26.6 Å². The number of fused-ring (bicyclic) bond motifs is 1. The van der Waals surface area contributed by atoms with Gasteiger partial charge in [0.15, 0.2) is 39.5 Å². The van der Waals surface area contributed by atoms with Gasteiger partial charge >= 0.3 is 5.97 Å². The number of carbonyl (C=O) groups excluding carboxylic acids is 1. The molecule has 0 saturated carbocycles. The SMILES string of the molecule is Br.CCOc1cc2c(c(F)c1OCC)C(=N)N(CC(=O)c1cc(NCS(C)(=O)=O)c(OCC(=O)O)c(C(C)(C)C)c1)C2. The first-order valence-electron chi connectivity index (χ1n) is 13.0. The van der Waals surface area contributed by atoms with Crippen LogP contribution >= 0.6 is 17.0 Å². The van der Waals surface area contributed by atoms with E-state index in [-0.39, 0.29) is 83.2 Å². The Balaban J connectivity index is 0.00000616. The number of carbonyl (C=O) groups is 2. The van der Waals surface area contributed by atoms with Gasteiger partial charge in [-0.25, -0.2) is 17.6 Å². The van der Waals surface area contributed by atoms with Crippen LogP contribution in [0.1, 0.15) is 61.7 Å². The highest BCUT2D eigenvalue weighted by Crippen LogP contribution is 2.41. The molecule has 0 unspecified atom stereocenters. The zero-order chi connectivity index (χ0) is 30.7. The summed E-state index contributed by atoms with van der Waals surface area (Å²) in [6.45, 7) is 8.62. The third-order valence-corrected chi connectivity index (χ3v) is 6.86. The van der Waals surface area contributed by atoms with Crippen molar-refractivity contribution < 1.29 is 41.7 Å². The van der Waals surface area contributed by atoms with Gasteiger partial charge in [0.05, 0.1) is 31.0 Å². The monoisotopic (exact) mass is 673 g/mol. The molecule has 0 aromatic heterocycles. The van der Waals surface area contributed by atoms with Crippen LogP contribution in [0.3, 0.4) is 0 Å². The number of nitrogens with zero attached hydrogens (tertiary/aromatic N) is 1. The lowest BCUT2D eigenvalue weighted by atomic mass is 9.84. The summed E-state index contributed by atoms with van der Waals surface area (Å²) in [5.41, 5.74) is 0.693. The molecule has 2 aromatic carbocycles. The Kier molecular flexibility index (Phi) is 11.4. The first-order valence-corrected chi connectivity index (χ1v) is 15.1. The summed E-state index contributed by atoms with van der Waals surface area (Å²) in [5.74, 6) is -2.77. The quantitative estimate of drug-likeness (QED) is 0.261. The predicted molar refractivity (Wildman–Crippen MR) is 162 cm³/mol. The molecule has 0 bridgehead atoms. The number of halogens is 2. The van der Waals surface area contributed by atoms with E-state index >= 15 is 4.39 Å². The molecule has 1 aliphatic heterocycles. The highest BCUT2D eigenvalue weighted by molar-refractivity contribution is 8.93. The first-order chi connectivity index (χ1) is 19.1. The summed E-state index contributed by atoms with van der Waals surface area (Å²) < 4.78 is 55.7. The normalized spacial score (nSPS) is 12.8. The van der Waals surface area contributed by atoms with Gasteiger partial charge in [-0.15, -0.1) is 17.0 Å². The Labute approximate surface area is 255 Å². The van der Waals surface area contributed by atoms with Gasteiger partial charge < -0.3 is 29.5 Å². The summed E-state index contributed by atoms with van der Waals surface area (Å²) >= 11 is 0. The van der Waals surface area contributed by atoms with E-state index in [1.54, 1.807) is 26.0 Å². The number of carboxylic acid groups (broad SMARTS) is 1. The standard InChI is InChI=1S/C28H36FN3O8S.BrH/c1-7-38-21-11-17-12-32(27(30)23(17)24(29)26(21)39-8-2)13-20(33)16-9-18(28(3,4)5)25(40-14-22(34)35)19(10-16)31-15-41(6,36)37;/h9-11,30-31H,7-8,12-15H2,1-6H3,(H,34,35);1H. The molecule has 0 aliphatic carbocycles. The highest BCUT2D eigenvalue weighted by Gasteiger charge is 2.34. The maximum atomic E-state index is 15.5. The van der Waals surface area contributed by atoms with E-state index in [1.807, 2.05) is 20.8 Å². The number of amidine groups is 1. The van der Waals surface area contributed by atoms with Crippen LogP contribution in [0.15, 0.2) is 18.2 Å². The summed E-state index contributed by atoms with van der Waals surface area (Å²) in [4.78, 5) is 26.2. The number of aliphatic carboxylic acids is 1. The van der Waals surface area contributed by atoms with Gasteiger partial charge in [-0.05, 0) is 43.0 Å². The minimum absolute atomic E-state index is 0. The van der Waals surface area contributed by atoms with E-state index in [4.69, 9.17) is 19.6 Å². The summed E-state index contributed by atoms with van der Waals surface area (Å²) in [7, 11) is -3.49. The second-order valence-corrected chi connectivity index (χ2v) is 12.8. The lowest BCUT2D eigenvalue weighted by Crippen LogP contribution is -2.31. The largest absolute Gasteiger partial charge is 0.490 e. The van der Waals surface area contributed by atoms with Gasteiger partial charge in [0.1, 0.15) is 17.5 Å². The number of Topliss-reactive ketones (excluding diaryl/α,β-unsaturated/α-hetero) is 1. The molecule has 232 valence electrons. The molecule has 11 nitrogen and oxygen atoms in total. The molecule has 0 amide bonds. The van der Waals surface area contributed by atoms with Crippen LogP contribution in [-0.4, -0.2) is 74.5 Å². The fourth-order valence-electron chi connectivity index (χ4n) is 4.40. The number of rotatable bonds is 13. The fraction of sp³-hybridized carbons (Fsp3) is 0.464. The molecule has 0 saturated heterocycles. The predicted octanol–water partition coefficient (Wildman–Crippen LogP) is 4.40. The highest BCUT2D eigenvalue weighted by atomic mass is 79.9. The molecule has 2 aromatic rings. The van der Waals surface area contributed by atoms with E-state index in [9.17, 15) is 23.1 Å². The van der Waals surface area contributed by atoms with E-state index in [1.165, 1.54) is 11.0 Å². The molecular formula is C28H37BrFN3O8S. The zero-order valence-corrected chi connectivity index (χ0v) is 27.0. The topological polar surface area (TPSA) is 155 Å². The number of hydrogen-bond acceptors (Lipinski definition) is 9. The molecule has 0 atom stereocenters. The lowest BCUT2D eigenvalue weighted by Gasteiger charge is -2.26. The Bertz CT molecular complexity index is 1470. The average molecular weight is 675 g/mol. The van der Waals surface area contributed by atoms with Crippen molar-refractivity contribution in [2.75, 3.05) is 43.8 Å². The molecule has 1 aliphatic rings. The molecule has 0 radical (unpaired) electrons. The van der Waals surface area contributed by atoms with Crippen molar-refractivity contribution in [3.63, 3.8) is 0 Å². The van der Waals surface area contributed by atoms with E-state index in [0.717, 1.165) is 6.26 Å². The molecular weight excluding hydrogens is 637 g/mol. The summed E-state index contributed by atoms with van der Waals surface area (Å²) in [6, 6.07) is 4.58. The van der Waals surface area contributed by atoms with Gasteiger partial charge in [-0.3, -0.25) is 10.2 Å². The third kappa shape index (κ3) is 8.12. The van der Waals surface area contributed by atoms with Crippen molar-refractivity contribution in [2.45, 2.75) is 46.6 Å². The van der Waals surface area contributed by atoms with Crippen LogP contribution in [0.2, 0.25) is 0 Å². The van der Waals surface area contributed by atoms with Crippen LogP contribution < -0.4 is 19.5 Å². The maximum absolute atomic E-state index is 15.5. The van der Waals surface area contributed by atoms with Crippen molar-refractivity contribution in [3.05, 3.63) is 46.3 Å².